The van der Waals surface area contributed by atoms with Gasteiger partial charge in [-0.25, -0.2) is 0 Å². The minimum Gasteiger partial charge on any atom is -0.495 e. The molecule has 1 saturated carbocycles. The average molecular weight is 312 g/mol. The molecule has 4 nitrogen and oxygen atoms in total. The topological polar surface area (TPSA) is 49.8 Å². The van der Waals surface area contributed by atoms with Crippen LogP contribution in [0.2, 0.25) is 5.02 Å². The number of methoxy groups -OCH3 is 1. The first kappa shape index (κ1) is 16.1. The predicted octanol–water partition coefficient (Wildman–Crippen LogP) is 2.97. The van der Waals surface area contributed by atoms with Crippen LogP contribution in [0.1, 0.15) is 36.0 Å². The predicted molar refractivity (Wildman–Crippen MR) is 82.9 cm³/mol. The number of aliphatic hydroxyl groups is 1. The Kier molecular flexibility index (Phi) is 5.48. The SMILES string of the molecule is COc1cc(C(=O)N(C)CC2CCCCC2O)ccc1Cl. The van der Waals surface area contributed by atoms with E-state index < -0.39 is 0 Å². The summed E-state index contributed by atoms with van der Waals surface area (Å²) in [6.07, 6.45) is 3.71. The zero-order chi connectivity index (χ0) is 15.4. The van der Waals surface area contributed by atoms with E-state index >= 15 is 0 Å². The zero-order valence-corrected chi connectivity index (χ0v) is 13.3. The fourth-order valence-electron chi connectivity index (χ4n) is 2.85. The van der Waals surface area contributed by atoms with Gasteiger partial charge in [-0.15, -0.1) is 0 Å². The molecule has 2 rings (SSSR count). The number of amides is 1. The molecule has 2 atom stereocenters. The van der Waals surface area contributed by atoms with Crippen molar-refractivity contribution in [2.24, 2.45) is 5.92 Å². The van der Waals surface area contributed by atoms with Crippen molar-refractivity contribution in [3.8, 4) is 5.75 Å². The molecule has 1 aliphatic rings. The molecular formula is C16H22ClNO3. The third-order valence-electron chi connectivity index (χ3n) is 4.12. The summed E-state index contributed by atoms with van der Waals surface area (Å²) in [7, 11) is 3.29. The van der Waals surface area contributed by atoms with Gasteiger partial charge in [-0.05, 0) is 31.0 Å². The smallest absolute Gasteiger partial charge is 0.253 e. The Labute approximate surface area is 130 Å². The Morgan fingerprint density at radius 1 is 1.43 bits per heavy atom. The molecule has 1 aromatic carbocycles. The van der Waals surface area contributed by atoms with Crippen molar-refractivity contribution in [1.82, 2.24) is 4.90 Å². The third kappa shape index (κ3) is 3.89. The van der Waals surface area contributed by atoms with E-state index in [0.717, 1.165) is 25.7 Å². The average Bonchev–Trinajstić information content (AvgIpc) is 2.49. The summed E-state index contributed by atoms with van der Waals surface area (Å²) >= 11 is 5.97. The molecule has 0 heterocycles. The van der Waals surface area contributed by atoms with Gasteiger partial charge in [0.25, 0.3) is 5.91 Å². The van der Waals surface area contributed by atoms with Crippen LogP contribution in [-0.4, -0.2) is 42.7 Å². The number of hydrogen-bond acceptors (Lipinski definition) is 3. The van der Waals surface area contributed by atoms with Crippen molar-refractivity contribution in [1.29, 1.82) is 0 Å². The van der Waals surface area contributed by atoms with Crippen molar-refractivity contribution >= 4 is 17.5 Å². The zero-order valence-electron chi connectivity index (χ0n) is 12.5. The first-order valence-electron chi connectivity index (χ1n) is 7.30. The summed E-state index contributed by atoms with van der Waals surface area (Å²) in [4.78, 5) is 14.1. The molecule has 116 valence electrons. The summed E-state index contributed by atoms with van der Waals surface area (Å²) in [5.74, 6) is 0.582. The molecule has 1 aliphatic carbocycles. The Balaban J connectivity index is 2.04. The van der Waals surface area contributed by atoms with Crippen LogP contribution in [0.3, 0.4) is 0 Å². The van der Waals surface area contributed by atoms with Gasteiger partial charge < -0.3 is 14.7 Å². The minimum atomic E-state index is -0.297. The first-order valence-corrected chi connectivity index (χ1v) is 7.67. The standard InChI is InChI=1S/C16H22ClNO3/c1-18(10-12-5-3-4-6-14(12)19)16(20)11-7-8-13(17)15(9-11)21-2/h7-9,12,14,19H,3-6,10H2,1-2H3. The largest absolute Gasteiger partial charge is 0.495 e. The van der Waals surface area contributed by atoms with Crippen LogP contribution in [0.25, 0.3) is 0 Å². The fourth-order valence-corrected chi connectivity index (χ4v) is 3.04. The second-order valence-corrected chi connectivity index (χ2v) is 6.05. The summed E-state index contributed by atoms with van der Waals surface area (Å²) < 4.78 is 5.14. The quantitative estimate of drug-likeness (QED) is 0.930. The number of benzene rings is 1. The van der Waals surface area contributed by atoms with Crippen LogP contribution in [0.4, 0.5) is 0 Å². The van der Waals surface area contributed by atoms with Crippen molar-refractivity contribution < 1.29 is 14.6 Å². The van der Waals surface area contributed by atoms with Gasteiger partial charge in [0.05, 0.1) is 18.2 Å². The molecule has 1 fully saturated rings. The van der Waals surface area contributed by atoms with Crippen molar-refractivity contribution in [2.75, 3.05) is 20.7 Å². The van der Waals surface area contributed by atoms with Crippen LogP contribution in [-0.2, 0) is 0 Å². The lowest BCUT2D eigenvalue weighted by atomic mass is 9.86. The van der Waals surface area contributed by atoms with Crippen LogP contribution in [0.15, 0.2) is 18.2 Å². The highest BCUT2D eigenvalue weighted by Gasteiger charge is 2.26. The molecule has 0 spiro atoms. The van der Waals surface area contributed by atoms with Gasteiger partial charge in [0.15, 0.2) is 0 Å². The normalized spacial score (nSPS) is 21.9. The molecular weight excluding hydrogens is 290 g/mol. The van der Waals surface area contributed by atoms with Gasteiger partial charge in [0.1, 0.15) is 5.75 Å². The lowest BCUT2D eigenvalue weighted by molar-refractivity contribution is 0.0451. The van der Waals surface area contributed by atoms with E-state index in [1.807, 2.05) is 0 Å². The van der Waals surface area contributed by atoms with E-state index in [0.29, 0.717) is 22.9 Å². The molecule has 0 saturated heterocycles. The number of nitrogens with zero attached hydrogens (tertiary/aromatic N) is 1. The van der Waals surface area contributed by atoms with Crippen LogP contribution >= 0.6 is 11.6 Å². The Hall–Kier alpha value is -1.26. The molecule has 0 aliphatic heterocycles. The van der Waals surface area contributed by atoms with E-state index in [9.17, 15) is 9.90 Å². The van der Waals surface area contributed by atoms with Crippen molar-refractivity contribution in [2.45, 2.75) is 31.8 Å². The van der Waals surface area contributed by atoms with Gasteiger partial charge in [-0.3, -0.25) is 4.79 Å². The minimum absolute atomic E-state index is 0.0808. The number of aliphatic hydroxyl groups excluding tert-OH is 1. The van der Waals surface area contributed by atoms with Crippen molar-refractivity contribution in [3.63, 3.8) is 0 Å². The summed E-state index contributed by atoms with van der Waals surface area (Å²) in [6.45, 7) is 0.574. The Morgan fingerprint density at radius 2 is 2.14 bits per heavy atom. The van der Waals surface area contributed by atoms with E-state index in [2.05, 4.69) is 0 Å². The Morgan fingerprint density at radius 3 is 2.81 bits per heavy atom. The monoisotopic (exact) mass is 311 g/mol. The highest BCUT2D eigenvalue weighted by atomic mass is 35.5. The van der Waals surface area contributed by atoms with Gasteiger partial charge >= 0.3 is 0 Å². The molecule has 5 heteroatoms. The van der Waals surface area contributed by atoms with Gasteiger partial charge in [0, 0.05) is 25.1 Å². The number of carbonyl (C=O) groups excluding carboxylic acids is 1. The molecule has 21 heavy (non-hydrogen) atoms. The molecule has 2 unspecified atom stereocenters. The molecule has 1 N–H and O–H groups in total. The second-order valence-electron chi connectivity index (χ2n) is 5.65. The number of halogens is 1. The molecule has 0 bridgehead atoms. The van der Waals surface area contributed by atoms with E-state index in [1.54, 1.807) is 30.1 Å². The van der Waals surface area contributed by atoms with Gasteiger partial charge in [-0.1, -0.05) is 24.4 Å². The highest BCUT2D eigenvalue weighted by molar-refractivity contribution is 6.32. The van der Waals surface area contributed by atoms with Crippen LogP contribution in [0, 0.1) is 5.92 Å². The lowest BCUT2D eigenvalue weighted by Gasteiger charge is -2.31. The molecule has 1 aromatic rings. The number of hydrogen-bond donors (Lipinski definition) is 1. The summed E-state index contributed by atoms with van der Waals surface area (Å²) in [5.41, 5.74) is 0.545. The lowest BCUT2D eigenvalue weighted by Crippen LogP contribution is -2.38. The summed E-state index contributed by atoms with van der Waals surface area (Å²) in [5, 5.41) is 10.5. The molecule has 0 aromatic heterocycles. The second kappa shape index (κ2) is 7.14. The summed E-state index contributed by atoms with van der Waals surface area (Å²) in [6, 6.07) is 5.01. The van der Waals surface area contributed by atoms with E-state index in [4.69, 9.17) is 16.3 Å². The van der Waals surface area contributed by atoms with E-state index in [-0.39, 0.29) is 17.9 Å². The number of rotatable bonds is 4. The fraction of sp³-hybridized carbons (Fsp3) is 0.562. The maximum atomic E-state index is 12.5. The van der Waals surface area contributed by atoms with Gasteiger partial charge in [0.2, 0.25) is 0 Å². The van der Waals surface area contributed by atoms with Crippen LogP contribution < -0.4 is 4.74 Å². The van der Waals surface area contributed by atoms with Gasteiger partial charge in [-0.2, -0.15) is 0 Å². The van der Waals surface area contributed by atoms with Crippen LogP contribution in [0.5, 0.6) is 5.75 Å². The highest BCUT2D eigenvalue weighted by Crippen LogP contribution is 2.27. The van der Waals surface area contributed by atoms with Crippen molar-refractivity contribution in [3.05, 3.63) is 28.8 Å². The maximum Gasteiger partial charge on any atom is 0.253 e. The van der Waals surface area contributed by atoms with E-state index in [1.165, 1.54) is 7.11 Å². The number of ether oxygens (including phenoxy) is 1. The first-order chi connectivity index (χ1) is 10.0. The molecule has 0 radical (unpaired) electrons. The molecule has 1 amide bonds. The maximum absolute atomic E-state index is 12.5. The number of carbonyl (C=O) groups is 1. The third-order valence-corrected chi connectivity index (χ3v) is 4.43. The Bertz CT molecular complexity index is 506.